The lowest BCUT2D eigenvalue weighted by Crippen LogP contribution is -2.41. The lowest BCUT2D eigenvalue weighted by Gasteiger charge is -2.27. The molecule has 0 aliphatic carbocycles. The normalized spacial score (nSPS) is 11.4. The fraction of sp³-hybridized carbons (Fsp3) is 0.294. The SMILES string of the molecule is COc1ccc(NC(=O)NCC(C)N(C)c2ccccc2)cn1. The van der Waals surface area contributed by atoms with Gasteiger partial charge in [-0.05, 0) is 25.1 Å². The predicted molar refractivity (Wildman–Crippen MR) is 92.1 cm³/mol. The van der Waals surface area contributed by atoms with E-state index in [4.69, 9.17) is 4.74 Å². The van der Waals surface area contributed by atoms with E-state index in [0.29, 0.717) is 18.1 Å². The molecule has 2 N–H and O–H groups in total. The van der Waals surface area contributed by atoms with Crippen LogP contribution in [0.15, 0.2) is 48.7 Å². The monoisotopic (exact) mass is 314 g/mol. The van der Waals surface area contributed by atoms with Crippen molar-refractivity contribution >= 4 is 17.4 Å². The molecule has 0 bridgehead atoms. The van der Waals surface area contributed by atoms with Gasteiger partial charge in [-0.25, -0.2) is 9.78 Å². The van der Waals surface area contributed by atoms with Gasteiger partial charge in [0.25, 0.3) is 0 Å². The van der Waals surface area contributed by atoms with E-state index in [0.717, 1.165) is 5.69 Å². The summed E-state index contributed by atoms with van der Waals surface area (Å²) in [5.74, 6) is 0.508. The van der Waals surface area contributed by atoms with Crippen molar-refractivity contribution in [2.24, 2.45) is 0 Å². The van der Waals surface area contributed by atoms with Gasteiger partial charge in [0.2, 0.25) is 5.88 Å². The molecule has 2 amide bonds. The summed E-state index contributed by atoms with van der Waals surface area (Å²) in [4.78, 5) is 18.1. The van der Waals surface area contributed by atoms with Crippen molar-refractivity contribution in [2.75, 3.05) is 30.9 Å². The summed E-state index contributed by atoms with van der Waals surface area (Å²) in [6, 6.07) is 13.4. The number of rotatable bonds is 6. The van der Waals surface area contributed by atoms with Crippen LogP contribution in [0.5, 0.6) is 5.88 Å². The van der Waals surface area contributed by atoms with Crippen LogP contribution in [-0.4, -0.2) is 37.8 Å². The summed E-state index contributed by atoms with van der Waals surface area (Å²) in [6.45, 7) is 2.59. The zero-order valence-electron chi connectivity index (χ0n) is 13.6. The van der Waals surface area contributed by atoms with Crippen LogP contribution in [0.3, 0.4) is 0 Å². The third kappa shape index (κ3) is 4.88. The molecule has 2 aromatic rings. The van der Waals surface area contributed by atoms with E-state index < -0.39 is 0 Å². The molecule has 1 atom stereocenters. The van der Waals surface area contributed by atoms with Gasteiger partial charge in [0.15, 0.2) is 0 Å². The van der Waals surface area contributed by atoms with E-state index in [9.17, 15) is 4.79 Å². The molecule has 1 aromatic heterocycles. The first-order valence-electron chi connectivity index (χ1n) is 7.43. The Bertz CT molecular complexity index is 616. The van der Waals surface area contributed by atoms with Gasteiger partial charge in [0, 0.05) is 31.4 Å². The highest BCUT2D eigenvalue weighted by Gasteiger charge is 2.11. The molecular formula is C17H22N4O2. The smallest absolute Gasteiger partial charge is 0.319 e. The van der Waals surface area contributed by atoms with Crippen LogP contribution in [0.1, 0.15) is 6.92 Å². The number of urea groups is 1. The minimum absolute atomic E-state index is 0.164. The molecule has 2 rings (SSSR count). The molecule has 0 fully saturated rings. The van der Waals surface area contributed by atoms with Crippen molar-refractivity contribution in [3.8, 4) is 5.88 Å². The zero-order chi connectivity index (χ0) is 16.7. The highest BCUT2D eigenvalue weighted by atomic mass is 16.5. The fourth-order valence-electron chi connectivity index (χ4n) is 2.05. The Morgan fingerprint density at radius 3 is 2.61 bits per heavy atom. The number of nitrogens with one attached hydrogen (secondary N) is 2. The van der Waals surface area contributed by atoms with Gasteiger partial charge in [-0.1, -0.05) is 18.2 Å². The van der Waals surface area contributed by atoms with Crippen molar-refractivity contribution < 1.29 is 9.53 Å². The molecule has 6 nitrogen and oxygen atoms in total. The first-order chi connectivity index (χ1) is 11.1. The number of methoxy groups -OCH3 is 1. The van der Waals surface area contributed by atoms with Gasteiger partial charge >= 0.3 is 6.03 Å². The van der Waals surface area contributed by atoms with E-state index in [1.807, 2.05) is 37.4 Å². The van der Waals surface area contributed by atoms with Gasteiger partial charge < -0.3 is 20.3 Å². The molecule has 0 radical (unpaired) electrons. The maximum absolute atomic E-state index is 11.9. The second-order valence-corrected chi connectivity index (χ2v) is 5.22. The lowest BCUT2D eigenvalue weighted by molar-refractivity contribution is 0.251. The Morgan fingerprint density at radius 1 is 1.26 bits per heavy atom. The Hall–Kier alpha value is -2.76. The minimum Gasteiger partial charge on any atom is -0.481 e. The summed E-state index contributed by atoms with van der Waals surface area (Å²) in [5.41, 5.74) is 1.73. The van der Waals surface area contributed by atoms with Crippen LogP contribution in [-0.2, 0) is 0 Å². The minimum atomic E-state index is -0.259. The average Bonchev–Trinajstić information content (AvgIpc) is 2.60. The molecular weight excluding hydrogens is 292 g/mol. The number of aromatic nitrogens is 1. The van der Waals surface area contributed by atoms with Crippen molar-refractivity contribution in [1.82, 2.24) is 10.3 Å². The number of ether oxygens (including phenoxy) is 1. The largest absolute Gasteiger partial charge is 0.481 e. The predicted octanol–water partition coefficient (Wildman–Crippen LogP) is 2.74. The molecule has 0 aliphatic rings. The summed E-state index contributed by atoms with van der Waals surface area (Å²) < 4.78 is 4.98. The van der Waals surface area contributed by atoms with Gasteiger partial charge in [0.05, 0.1) is 19.0 Å². The van der Waals surface area contributed by atoms with E-state index in [1.165, 1.54) is 0 Å². The standard InChI is InChI=1S/C17H22N4O2/c1-13(21(2)15-7-5-4-6-8-15)11-19-17(22)20-14-9-10-16(23-3)18-12-14/h4-10,12-13H,11H2,1-3H3,(H2,19,20,22). The zero-order valence-corrected chi connectivity index (χ0v) is 13.6. The lowest BCUT2D eigenvalue weighted by atomic mass is 10.2. The van der Waals surface area contributed by atoms with Crippen molar-refractivity contribution in [1.29, 1.82) is 0 Å². The second-order valence-electron chi connectivity index (χ2n) is 5.22. The van der Waals surface area contributed by atoms with Crippen molar-refractivity contribution in [2.45, 2.75) is 13.0 Å². The first-order valence-corrected chi connectivity index (χ1v) is 7.43. The molecule has 1 unspecified atom stereocenters. The van der Waals surface area contributed by atoms with E-state index >= 15 is 0 Å². The quantitative estimate of drug-likeness (QED) is 0.860. The third-order valence-electron chi connectivity index (χ3n) is 3.59. The van der Waals surface area contributed by atoms with E-state index in [2.05, 4.69) is 27.4 Å². The van der Waals surface area contributed by atoms with Crippen molar-refractivity contribution in [3.63, 3.8) is 0 Å². The number of likely N-dealkylation sites (N-methyl/N-ethyl adjacent to an activating group) is 1. The number of hydrogen-bond acceptors (Lipinski definition) is 4. The number of carbonyl (C=O) groups excluding carboxylic acids is 1. The molecule has 23 heavy (non-hydrogen) atoms. The molecule has 0 saturated heterocycles. The number of amides is 2. The number of hydrogen-bond donors (Lipinski definition) is 2. The number of para-hydroxylation sites is 1. The summed E-state index contributed by atoms with van der Waals surface area (Å²) >= 11 is 0. The molecule has 122 valence electrons. The highest BCUT2D eigenvalue weighted by Crippen LogP contribution is 2.14. The number of carbonyl (C=O) groups is 1. The maximum atomic E-state index is 11.9. The Kier molecular flexibility index (Phi) is 5.80. The Labute approximate surface area is 136 Å². The molecule has 0 aliphatic heterocycles. The summed E-state index contributed by atoms with van der Waals surface area (Å²) in [5, 5.41) is 5.60. The maximum Gasteiger partial charge on any atom is 0.319 e. The summed E-state index contributed by atoms with van der Waals surface area (Å²) in [7, 11) is 3.56. The molecule has 1 aromatic carbocycles. The van der Waals surface area contributed by atoms with Crippen LogP contribution in [0.4, 0.5) is 16.2 Å². The second kappa shape index (κ2) is 8.03. The fourth-order valence-corrected chi connectivity index (χ4v) is 2.05. The topological polar surface area (TPSA) is 66.5 Å². The van der Waals surface area contributed by atoms with Gasteiger partial charge in [0.1, 0.15) is 0 Å². The molecule has 6 heteroatoms. The van der Waals surface area contributed by atoms with Crippen LogP contribution in [0.25, 0.3) is 0 Å². The van der Waals surface area contributed by atoms with Gasteiger partial charge in [-0.15, -0.1) is 0 Å². The Balaban J connectivity index is 1.81. The molecule has 0 spiro atoms. The Morgan fingerprint density at radius 2 is 2.00 bits per heavy atom. The van der Waals surface area contributed by atoms with Crippen LogP contribution >= 0.6 is 0 Å². The first kappa shape index (κ1) is 16.6. The average molecular weight is 314 g/mol. The molecule has 1 heterocycles. The van der Waals surface area contributed by atoms with Gasteiger partial charge in [-0.3, -0.25) is 0 Å². The number of benzene rings is 1. The molecule has 0 saturated carbocycles. The van der Waals surface area contributed by atoms with Crippen LogP contribution in [0.2, 0.25) is 0 Å². The van der Waals surface area contributed by atoms with E-state index in [1.54, 1.807) is 25.4 Å². The van der Waals surface area contributed by atoms with Crippen LogP contribution < -0.4 is 20.3 Å². The van der Waals surface area contributed by atoms with Gasteiger partial charge in [-0.2, -0.15) is 0 Å². The third-order valence-corrected chi connectivity index (χ3v) is 3.59. The van der Waals surface area contributed by atoms with Crippen LogP contribution in [0, 0.1) is 0 Å². The number of pyridine rings is 1. The highest BCUT2D eigenvalue weighted by molar-refractivity contribution is 5.89. The van der Waals surface area contributed by atoms with Crippen molar-refractivity contribution in [3.05, 3.63) is 48.7 Å². The van der Waals surface area contributed by atoms with E-state index in [-0.39, 0.29) is 12.1 Å². The number of nitrogens with zero attached hydrogens (tertiary/aromatic N) is 2. The summed E-state index contributed by atoms with van der Waals surface area (Å²) in [6.07, 6.45) is 1.55. The number of anilines is 2.